The van der Waals surface area contributed by atoms with Gasteiger partial charge >= 0.3 is 0 Å². The molecule has 1 aliphatic rings. The van der Waals surface area contributed by atoms with Crippen LogP contribution in [0.2, 0.25) is 10.0 Å². The van der Waals surface area contributed by atoms with Crippen molar-refractivity contribution in [3.05, 3.63) is 88.4 Å². The Morgan fingerprint density at radius 1 is 0.932 bits per heavy atom. The van der Waals surface area contributed by atoms with E-state index in [0.717, 1.165) is 36.4 Å². The predicted molar refractivity (Wildman–Crippen MR) is 175 cm³/mol. The molecule has 1 unspecified atom stereocenters. The third-order valence-electron chi connectivity index (χ3n) is 7.75. The highest BCUT2D eigenvalue weighted by molar-refractivity contribution is 7.92. The number of ether oxygens (including phenoxy) is 1. The van der Waals surface area contributed by atoms with E-state index in [9.17, 15) is 18.0 Å². The van der Waals surface area contributed by atoms with Crippen LogP contribution in [-0.4, -0.2) is 50.4 Å². The Kier molecular flexibility index (Phi) is 11.9. The summed E-state index contributed by atoms with van der Waals surface area (Å²) in [4.78, 5) is 29.4. The molecule has 3 aromatic carbocycles. The highest BCUT2D eigenvalue weighted by atomic mass is 35.5. The van der Waals surface area contributed by atoms with Gasteiger partial charge in [0.15, 0.2) is 0 Å². The molecule has 1 fully saturated rings. The van der Waals surface area contributed by atoms with Gasteiger partial charge in [0.2, 0.25) is 11.8 Å². The third kappa shape index (κ3) is 8.46. The molecule has 0 radical (unpaired) electrons. The van der Waals surface area contributed by atoms with Crippen LogP contribution in [0.5, 0.6) is 5.75 Å². The van der Waals surface area contributed by atoms with Crippen molar-refractivity contribution in [3.8, 4) is 5.75 Å². The number of hydrogen-bond donors (Lipinski definition) is 1. The normalized spacial score (nSPS) is 14.5. The maximum atomic E-state index is 14.3. The topological polar surface area (TPSA) is 96.0 Å². The minimum Gasteiger partial charge on any atom is -0.494 e. The Bertz CT molecular complexity index is 1510. The van der Waals surface area contributed by atoms with Gasteiger partial charge in [0.1, 0.15) is 18.3 Å². The Morgan fingerprint density at radius 2 is 1.59 bits per heavy atom. The van der Waals surface area contributed by atoms with Crippen molar-refractivity contribution in [3.63, 3.8) is 0 Å². The summed E-state index contributed by atoms with van der Waals surface area (Å²) in [5, 5.41) is 3.98. The van der Waals surface area contributed by atoms with Gasteiger partial charge in [-0.1, -0.05) is 67.6 Å². The van der Waals surface area contributed by atoms with Gasteiger partial charge in [-0.05, 0) is 86.3 Å². The van der Waals surface area contributed by atoms with Crippen molar-refractivity contribution in [1.29, 1.82) is 0 Å². The SMILES string of the molecule is CCOc1ccc(N(CC(=O)N(Cc2ccccc2Cl)C(CC)C(=O)NC2CCCCC2)S(=O)(=O)c2ccc(Cl)cc2)cc1. The lowest BCUT2D eigenvalue weighted by atomic mass is 9.95. The summed E-state index contributed by atoms with van der Waals surface area (Å²) in [6.07, 6.45) is 5.36. The number of rotatable bonds is 13. The molecule has 1 saturated carbocycles. The number of sulfonamides is 1. The van der Waals surface area contributed by atoms with E-state index in [-0.39, 0.29) is 29.1 Å². The van der Waals surface area contributed by atoms with Crippen LogP contribution >= 0.6 is 23.2 Å². The first-order valence-electron chi connectivity index (χ1n) is 15.0. The van der Waals surface area contributed by atoms with Gasteiger partial charge in [-0.15, -0.1) is 0 Å². The van der Waals surface area contributed by atoms with Crippen LogP contribution in [-0.2, 0) is 26.2 Å². The first kappa shape index (κ1) is 33.6. The van der Waals surface area contributed by atoms with E-state index < -0.39 is 28.5 Å². The minimum atomic E-state index is -4.22. The quantitative estimate of drug-likeness (QED) is 0.217. The summed E-state index contributed by atoms with van der Waals surface area (Å²) < 4.78 is 34.7. The lowest BCUT2D eigenvalue weighted by Crippen LogP contribution is -2.54. The summed E-state index contributed by atoms with van der Waals surface area (Å²) in [7, 11) is -4.22. The second kappa shape index (κ2) is 15.6. The Balaban J connectivity index is 1.71. The average Bonchev–Trinajstić information content (AvgIpc) is 3.02. The van der Waals surface area contributed by atoms with Crippen molar-refractivity contribution in [2.75, 3.05) is 17.5 Å². The van der Waals surface area contributed by atoms with Gasteiger partial charge < -0.3 is 15.0 Å². The van der Waals surface area contributed by atoms with Gasteiger partial charge in [0.25, 0.3) is 10.0 Å². The summed E-state index contributed by atoms with van der Waals surface area (Å²) >= 11 is 12.5. The molecule has 1 aliphatic carbocycles. The number of carbonyl (C=O) groups is 2. The molecule has 0 spiro atoms. The molecule has 0 saturated heterocycles. The number of hydrogen-bond acceptors (Lipinski definition) is 5. The summed E-state index contributed by atoms with van der Waals surface area (Å²) in [6.45, 7) is 3.63. The fraction of sp³-hybridized carbons (Fsp3) is 0.394. The molecular weight excluding hydrogens is 621 g/mol. The molecule has 0 aromatic heterocycles. The van der Waals surface area contributed by atoms with Crippen LogP contribution in [0.1, 0.15) is 57.9 Å². The predicted octanol–water partition coefficient (Wildman–Crippen LogP) is 6.84. The van der Waals surface area contributed by atoms with Crippen LogP contribution in [0.3, 0.4) is 0 Å². The van der Waals surface area contributed by atoms with E-state index in [1.807, 2.05) is 19.9 Å². The smallest absolute Gasteiger partial charge is 0.264 e. The number of benzene rings is 3. The summed E-state index contributed by atoms with van der Waals surface area (Å²) in [6, 6.07) is 18.6. The molecule has 236 valence electrons. The van der Waals surface area contributed by atoms with Gasteiger partial charge in [-0.3, -0.25) is 13.9 Å². The maximum Gasteiger partial charge on any atom is 0.264 e. The van der Waals surface area contributed by atoms with E-state index in [2.05, 4.69) is 5.32 Å². The lowest BCUT2D eigenvalue weighted by Gasteiger charge is -2.34. The number of nitrogens with zero attached hydrogens (tertiary/aromatic N) is 2. The molecule has 2 amide bonds. The number of carbonyl (C=O) groups excluding carboxylic acids is 2. The van der Waals surface area contributed by atoms with Crippen molar-refractivity contribution in [1.82, 2.24) is 10.2 Å². The molecule has 1 atom stereocenters. The zero-order valence-electron chi connectivity index (χ0n) is 25.0. The standard InChI is InChI=1S/C33H39Cl2N3O5S/c1-3-31(33(40)36-26-11-6-5-7-12-26)37(22-24-10-8-9-13-30(24)35)32(39)23-38(27-16-18-28(19-17-27)43-4-2)44(41,42)29-20-14-25(34)15-21-29/h8-10,13-21,26,31H,3-7,11-12,22-23H2,1-2H3,(H,36,40). The van der Waals surface area contributed by atoms with Crippen LogP contribution < -0.4 is 14.4 Å². The van der Waals surface area contributed by atoms with Gasteiger partial charge in [-0.25, -0.2) is 8.42 Å². The number of halogens is 2. The van der Waals surface area contributed by atoms with E-state index >= 15 is 0 Å². The highest BCUT2D eigenvalue weighted by Crippen LogP contribution is 2.28. The van der Waals surface area contributed by atoms with Gasteiger partial charge in [0, 0.05) is 22.6 Å². The van der Waals surface area contributed by atoms with Crippen molar-refractivity contribution in [2.45, 2.75) is 75.9 Å². The molecule has 4 rings (SSSR count). The average molecular weight is 661 g/mol. The van der Waals surface area contributed by atoms with E-state index in [1.165, 1.54) is 29.2 Å². The van der Waals surface area contributed by atoms with Crippen molar-refractivity contribution < 1.29 is 22.7 Å². The number of anilines is 1. The van der Waals surface area contributed by atoms with Gasteiger partial charge in [0.05, 0.1) is 17.2 Å². The maximum absolute atomic E-state index is 14.3. The van der Waals surface area contributed by atoms with Crippen LogP contribution in [0.25, 0.3) is 0 Å². The van der Waals surface area contributed by atoms with E-state index in [1.54, 1.807) is 42.5 Å². The van der Waals surface area contributed by atoms with Crippen LogP contribution in [0, 0.1) is 0 Å². The fourth-order valence-electron chi connectivity index (χ4n) is 5.41. The van der Waals surface area contributed by atoms with E-state index in [4.69, 9.17) is 27.9 Å². The number of nitrogens with one attached hydrogen (secondary N) is 1. The molecule has 8 nitrogen and oxygen atoms in total. The monoisotopic (exact) mass is 659 g/mol. The zero-order valence-corrected chi connectivity index (χ0v) is 27.4. The largest absolute Gasteiger partial charge is 0.494 e. The fourth-order valence-corrected chi connectivity index (χ4v) is 7.15. The number of amides is 2. The molecule has 44 heavy (non-hydrogen) atoms. The molecule has 3 aromatic rings. The Hall–Kier alpha value is -3.27. The van der Waals surface area contributed by atoms with Crippen molar-refractivity contribution in [2.24, 2.45) is 0 Å². The lowest BCUT2D eigenvalue weighted by molar-refractivity contribution is -0.140. The zero-order chi connectivity index (χ0) is 31.7. The molecule has 1 N–H and O–H groups in total. The molecular formula is C33H39Cl2N3O5S. The van der Waals surface area contributed by atoms with E-state index in [0.29, 0.717) is 34.4 Å². The minimum absolute atomic E-state index is 0.0247. The molecule has 0 aliphatic heterocycles. The Morgan fingerprint density at radius 3 is 2.20 bits per heavy atom. The second-order valence-corrected chi connectivity index (χ2v) is 13.5. The molecule has 0 heterocycles. The first-order valence-corrected chi connectivity index (χ1v) is 17.2. The van der Waals surface area contributed by atoms with Crippen molar-refractivity contribution >= 4 is 50.7 Å². The summed E-state index contributed by atoms with van der Waals surface area (Å²) in [5.41, 5.74) is 0.925. The third-order valence-corrected chi connectivity index (χ3v) is 10.2. The summed E-state index contributed by atoms with van der Waals surface area (Å²) in [5.74, 6) is -0.229. The first-order chi connectivity index (χ1) is 21.1. The second-order valence-electron chi connectivity index (χ2n) is 10.8. The van der Waals surface area contributed by atoms with Gasteiger partial charge in [-0.2, -0.15) is 0 Å². The van der Waals surface area contributed by atoms with Crippen LogP contribution in [0.4, 0.5) is 5.69 Å². The van der Waals surface area contributed by atoms with Crippen LogP contribution in [0.15, 0.2) is 77.7 Å². The highest BCUT2D eigenvalue weighted by Gasteiger charge is 2.34. The Labute approximate surface area is 270 Å². The molecule has 0 bridgehead atoms. The molecule has 11 heteroatoms.